The molecule has 0 radical (unpaired) electrons. The lowest BCUT2D eigenvalue weighted by molar-refractivity contribution is -0.303. The number of carbonyl (C=O) groups excluding carboxylic acids is 1. The Labute approximate surface area is 367 Å². The first kappa shape index (κ1) is 57.1. The minimum Gasteiger partial charge on any atom is -0.394 e. The van der Waals surface area contributed by atoms with Gasteiger partial charge in [-0.2, -0.15) is 0 Å². The molecule has 1 rings (SSSR count). The van der Waals surface area contributed by atoms with Gasteiger partial charge in [0.15, 0.2) is 6.29 Å². The van der Waals surface area contributed by atoms with Gasteiger partial charge in [0.2, 0.25) is 5.91 Å². The van der Waals surface area contributed by atoms with Crippen LogP contribution in [-0.4, -0.2) is 110 Å². The van der Waals surface area contributed by atoms with Crippen LogP contribution in [0.25, 0.3) is 0 Å². The van der Waals surface area contributed by atoms with Gasteiger partial charge in [-0.25, -0.2) is 0 Å². The van der Waals surface area contributed by atoms with Crippen LogP contribution in [-0.2, 0) is 14.3 Å². The minimum absolute atomic E-state index is 0.266. The van der Waals surface area contributed by atoms with Crippen molar-refractivity contribution < 1.29 is 50.0 Å². The molecule has 9 atom stereocenters. The highest BCUT2D eigenvalue weighted by Gasteiger charge is 2.44. The lowest BCUT2D eigenvalue weighted by Gasteiger charge is -2.40. The summed E-state index contributed by atoms with van der Waals surface area (Å²) in [4.78, 5) is 13.1. The number of ether oxygens (including phenoxy) is 2. The van der Waals surface area contributed by atoms with Gasteiger partial charge in [-0.1, -0.05) is 226 Å². The Bertz CT molecular complexity index is 944. The monoisotopic (exact) mass is 860 g/mol. The standard InChI is InChI=1S/C49H97NO10/c1-3-5-7-9-11-13-15-17-19-21-23-25-27-29-31-33-35-37-42(53)48(58)50-40(39-59-49-47(57)46(56)45(55)43(38-51)60-49)44(54)41(52)36-34-32-30-28-26-24-22-20-18-16-14-12-10-8-6-4-2/h40-47,49,51-57H,3-39H2,1-2H3,(H,50,58). The summed E-state index contributed by atoms with van der Waals surface area (Å²) in [6.07, 6.45) is 30.0. The number of unbranched alkanes of at least 4 members (excludes halogenated alkanes) is 31. The number of hydrogen-bond acceptors (Lipinski definition) is 10. The highest BCUT2D eigenvalue weighted by molar-refractivity contribution is 5.80. The summed E-state index contributed by atoms with van der Waals surface area (Å²) < 4.78 is 11.1. The van der Waals surface area contributed by atoms with Crippen molar-refractivity contribution in [1.29, 1.82) is 0 Å². The van der Waals surface area contributed by atoms with E-state index in [1.807, 2.05) is 0 Å². The number of aliphatic hydroxyl groups is 7. The molecule has 0 aromatic rings. The Balaban J connectivity index is 2.39. The number of nitrogens with one attached hydrogen (secondary N) is 1. The maximum atomic E-state index is 13.1. The summed E-state index contributed by atoms with van der Waals surface area (Å²) in [6, 6.07) is -1.16. The molecule has 1 heterocycles. The van der Waals surface area contributed by atoms with E-state index in [0.29, 0.717) is 19.3 Å². The van der Waals surface area contributed by atoms with Crippen molar-refractivity contribution in [3.8, 4) is 0 Å². The molecule has 8 N–H and O–H groups in total. The smallest absolute Gasteiger partial charge is 0.249 e. The number of carbonyl (C=O) groups is 1. The second-order valence-electron chi connectivity index (χ2n) is 18.3. The molecule has 0 aromatic heterocycles. The molecule has 0 bridgehead atoms. The Morgan fingerprint density at radius 3 is 1.23 bits per heavy atom. The quantitative estimate of drug-likeness (QED) is 0.0275. The third-order valence-corrected chi connectivity index (χ3v) is 12.7. The van der Waals surface area contributed by atoms with Crippen LogP contribution in [0.4, 0.5) is 0 Å². The van der Waals surface area contributed by atoms with Crippen LogP contribution in [0.3, 0.4) is 0 Å². The Kier molecular flexibility index (Phi) is 37.8. The van der Waals surface area contributed by atoms with Gasteiger partial charge in [0.25, 0.3) is 0 Å². The zero-order chi connectivity index (χ0) is 44.1. The lowest BCUT2D eigenvalue weighted by atomic mass is 9.98. The first-order valence-electron chi connectivity index (χ1n) is 25.4. The highest BCUT2D eigenvalue weighted by Crippen LogP contribution is 2.23. The van der Waals surface area contributed by atoms with Crippen LogP contribution < -0.4 is 5.32 Å². The van der Waals surface area contributed by atoms with Crippen LogP contribution in [0, 0.1) is 0 Å². The van der Waals surface area contributed by atoms with E-state index in [2.05, 4.69) is 19.2 Å². The van der Waals surface area contributed by atoms with Crippen LogP contribution in [0.2, 0.25) is 0 Å². The number of amides is 1. The van der Waals surface area contributed by atoms with Crippen molar-refractivity contribution in [2.45, 2.75) is 294 Å². The van der Waals surface area contributed by atoms with Gasteiger partial charge in [-0.05, 0) is 12.8 Å². The molecule has 11 nitrogen and oxygen atoms in total. The summed E-state index contributed by atoms with van der Waals surface area (Å²) >= 11 is 0. The van der Waals surface area contributed by atoms with Gasteiger partial charge in [-0.15, -0.1) is 0 Å². The summed E-state index contributed by atoms with van der Waals surface area (Å²) in [6.45, 7) is 3.47. The van der Waals surface area contributed by atoms with Crippen LogP contribution >= 0.6 is 0 Å². The van der Waals surface area contributed by atoms with Gasteiger partial charge >= 0.3 is 0 Å². The summed E-state index contributed by atoms with van der Waals surface area (Å²) in [7, 11) is 0. The van der Waals surface area contributed by atoms with Crippen LogP contribution in [0.15, 0.2) is 0 Å². The molecule has 1 aliphatic rings. The Morgan fingerprint density at radius 2 is 0.867 bits per heavy atom. The molecule has 0 aromatic carbocycles. The second kappa shape index (κ2) is 39.7. The average Bonchev–Trinajstić information content (AvgIpc) is 3.25. The predicted octanol–water partition coefficient (Wildman–Crippen LogP) is 9.06. The third kappa shape index (κ3) is 28.7. The number of hydrogen-bond donors (Lipinski definition) is 8. The maximum Gasteiger partial charge on any atom is 0.249 e. The molecule has 0 aliphatic carbocycles. The second-order valence-corrected chi connectivity index (χ2v) is 18.3. The van der Waals surface area contributed by atoms with E-state index in [1.54, 1.807) is 0 Å². The van der Waals surface area contributed by atoms with Crippen molar-refractivity contribution in [3.05, 3.63) is 0 Å². The highest BCUT2D eigenvalue weighted by atomic mass is 16.7. The average molecular weight is 860 g/mol. The van der Waals surface area contributed by atoms with Gasteiger partial charge in [0, 0.05) is 0 Å². The minimum atomic E-state index is -1.66. The SMILES string of the molecule is CCCCCCCCCCCCCCCCCCCC(O)C(=O)NC(COC1OC(CO)C(O)C(O)C1O)C(O)C(O)CCCCCCCCCCCCCCCCCC. The molecule has 60 heavy (non-hydrogen) atoms. The predicted molar refractivity (Wildman–Crippen MR) is 243 cm³/mol. The number of aliphatic hydroxyl groups excluding tert-OH is 7. The molecule has 1 saturated heterocycles. The molecule has 1 aliphatic heterocycles. The molecule has 9 unspecified atom stereocenters. The number of rotatable bonds is 43. The van der Waals surface area contributed by atoms with E-state index in [9.17, 15) is 40.5 Å². The normalized spacial score (nSPS) is 21.5. The largest absolute Gasteiger partial charge is 0.394 e. The van der Waals surface area contributed by atoms with Gasteiger partial charge in [0.05, 0.1) is 25.4 Å². The molecule has 1 fully saturated rings. The first-order valence-corrected chi connectivity index (χ1v) is 25.4. The van der Waals surface area contributed by atoms with Crippen molar-refractivity contribution in [2.24, 2.45) is 0 Å². The molecule has 0 saturated carbocycles. The van der Waals surface area contributed by atoms with Gasteiger partial charge in [-0.3, -0.25) is 4.79 Å². The van der Waals surface area contributed by atoms with Gasteiger partial charge in [0.1, 0.15) is 36.6 Å². The summed E-state index contributed by atoms with van der Waals surface area (Å²) in [5.41, 5.74) is 0. The topological polar surface area (TPSA) is 189 Å². The zero-order valence-electron chi connectivity index (χ0n) is 38.7. The molecule has 11 heteroatoms. The fraction of sp³-hybridized carbons (Fsp3) is 0.980. The van der Waals surface area contributed by atoms with Crippen molar-refractivity contribution in [1.82, 2.24) is 5.32 Å². The third-order valence-electron chi connectivity index (χ3n) is 12.7. The summed E-state index contributed by atoms with van der Waals surface area (Å²) in [5.74, 6) is -0.692. The van der Waals surface area contributed by atoms with Crippen molar-refractivity contribution in [2.75, 3.05) is 13.2 Å². The lowest BCUT2D eigenvalue weighted by Crippen LogP contribution is -2.60. The van der Waals surface area contributed by atoms with Gasteiger partial charge < -0.3 is 50.5 Å². The van der Waals surface area contributed by atoms with Crippen LogP contribution in [0.5, 0.6) is 0 Å². The van der Waals surface area contributed by atoms with Crippen molar-refractivity contribution >= 4 is 5.91 Å². The Hall–Kier alpha value is -0.890. The fourth-order valence-corrected chi connectivity index (χ4v) is 8.44. The van der Waals surface area contributed by atoms with E-state index in [1.165, 1.54) is 161 Å². The summed E-state index contributed by atoms with van der Waals surface area (Å²) in [5, 5.41) is 75.9. The molecule has 358 valence electrons. The fourth-order valence-electron chi connectivity index (χ4n) is 8.44. The molecule has 0 spiro atoms. The first-order chi connectivity index (χ1) is 29.2. The maximum absolute atomic E-state index is 13.1. The molecular weight excluding hydrogens is 763 g/mol. The van der Waals surface area contributed by atoms with E-state index in [0.717, 1.165) is 38.5 Å². The van der Waals surface area contributed by atoms with E-state index < -0.39 is 74.2 Å². The van der Waals surface area contributed by atoms with E-state index in [4.69, 9.17) is 9.47 Å². The molecule has 1 amide bonds. The van der Waals surface area contributed by atoms with Crippen molar-refractivity contribution in [3.63, 3.8) is 0 Å². The van der Waals surface area contributed by atoms with E-state index >= 15 is 0 Å². The Morgan fingerprint density at radius 1 is 0.517 bits per heavy atom. The zero-order valence-corrected chi connectivity index (χ0v) is 38.7. The molecular formula is C49H97NO10. The van der Waals surface area contributed by atoms with Crippen LogP contribution in [0.1, 0.15) is 239 Å². The van der Waals surface area contributed by atoms with E-state index in [-0.39, 0.29) is 6.42 Å².